The number of hydrogen-bond donors (Lipinski definition) is 0. The summed E-state index contributed by atoms with van der Waals surface area (Å²) in [6.07, 6.45) is 3.25. The van der Waals surface area contributed by atoms with E-state index in [0.717, 1.165) is 19.3 Å². The second kappa shape index (κ2) is 6.46. The lowest BCUT2D eigenvalue weighted by Crippen LogP contribution is -2.06. The maximum atomic E-state index is 2.38. The molecule has 0 fully saturated rings. The second-order valence-electron chi connectivity index (χ2n) is 8.38. The Morgan fingerprint density at radius 1 is 0.552 bits per heavy atom. The minimum Gasteiger partial charge on any atom is -0.0645 e. The molecule has 0 saturated heterocycles. The minimum atomic E-state index is 0.448. The molecule has 0 heteroatoms. The van der Waals surface area contributed by atoms with Crippen molar-refractivity contribution in [2.24, 2.45) is 0 Å². The highest BCUT2D eigenvalue weighted by Gasteiger charge is 2.28. The zero-order valence-electron chi connectivity index (χ0n) is 16.8. The van der Waals surface area contributed by atoms with Gasteiger partial charge in [-0.2, -0.15) is 0 Å². The third-order valence-corrected chi connectivity index (χ3v) is 6.93. The van der Waals surface area contributed by atoms with Crippen LogP contribution in [0, 0.1) is 0 Å². The standard InChI is InChI=1S/C29H24/c1-2-21(24-13-7-15-26-22-11-5-3-9-19(22)17-28(24)26)25-14-8-16-27-23-12-6-4-10-20(23)18-29(25)27/h3-16,21H,2,17-18H2,1H3. The first kappa shape index (κ1) is 16.8. The Balaban J connectivity index is 1.50. The van der Waals surface area contributed by atoms with Gasteiger partial charge in [-0.3, -0.25) is 0 Å². The van der Waals surface area contributed by atoms with Gasteiger partial charge in [0.25, 0.3) is 0 Å². The van der Waals surface area contributed by atoms with Crippen molar-refractivity contribution >= 4 is 0 Å². The highest BCUT2D eigenvalue weighted by Crippen LogP contribution is 2.46. The molecule has 6 rings (SSSR count). The molecule has 0 spiro atoms. The molecule has 4 aromatic carbocycles. The minimum absolute atomic E-state index is 0.448. The van der Waals surface area contributed by atoms with Crippen LogP contribution >= 0.6 is 0 Å². The van der Waals surface area contributed by atoms with Crippen molar-refractivity contribution in [3.05, 3.63) is 118 Å². The van der Waals surface area contributed by atoms with Gasteiger partial charge in [-0.15, -0.1) is 0 Å². The Labute approximate surface area is 172 Å². The summed E-state index contributed by atoms with van der Waals surface area (Å²) in [4.78, 5) is 0. The maximum Gasteiger partial charge on any atom is 0.00928 e. The van der Waals surface area contributed by atoms with E-state index in [4.69, 9.17) is 0 Å². The van der Waals surface area contributed by atoms with Crippen LogP contribution in [0.25, 0.3) is 22.3 Å². The lowest BCUT2D eigenvalue weighted by Gasteiger charge is -2.22. The fourth-order valence-electron chi connectivity index (χ4n) is 5.62. The van der Waals surface area contributed by atoms with E-state index in [1.807, 2.05) is 0 Å². The largest absolute Gasteiger partial charge is 0.0645 e. The van der Waals surface area contributed by atoms with Crippen LogP contribution in [0.1, 0.15) is 52.6 Å². The van der Waals surface area contributed by atoms with Crippen molar-refractivity contribution in [3.63, 3.8) is 0 Å². The van der Waals surface area contributed by atoms with Crippen LogP contribution in [0.5, 0.6) is 0 Å². The molecular weight excluding hydrogens is 348 g/mol. The molecule has 29 heavy (non-hydrogen) atoms. The van der Waals surface area contributed by atoms with E-state index in [9.17, 15) is 0 Å². The van der Waals surface area contributed by atoms with Gasteiger partial charge in [-0.25, -0.2) is 0 Å². The van der Waals surface area contributed by atoms with Crippen LogP contribution < -0.4 is 0 Å². The number of benzene rings is 4. The summed E-state index contributed by atoms with van der Waals surface area (Å²) in [7, 11) is 0. The summed E-state index contributed by atoms with van der Waals surface area (Å²) in [5.74, 6) is 0.448. The van der Waals surface area contributed by atoms with Gasteiger partial charge in [0, 0.05) is 5.92 Å². The van der Waals surface area contributed by atoms with Gasteiger partial charge in [0.05, 0.1) is 0 Å². The predicted octanol–water partition coefficient (Wildman–Crippen LogP) is 7.37. The Bertz CT molecular complexity index is 1150. The van der Waals surface area contributed by atoms with Gasteiger partial charge in [0.1, 0.15) is 0 Å². The Hall–Kier alpha value is -3.12. The molecule has 0 heterocycles. The molecule has 0 unspecified atom stereocenters. The van der Waals surface area contributed by atoms with Gasteiger partial charge in [0.15, 0.2) is 0 Å². The van der Waals surface area contributed by atoms with Gasteiger partial charge < -0.3 is 0 Å². The van der Waals surface area contributed by atoms with Crippen LogP contribution in [0.3, 0.4) is 0 Å². The first-order valence-corrected chi connectivity index (χ1v) is 10.7. The molecule has 0 saturated carbocycles. The smallest absolute Gasteiger partial charge is 0.00928 e. The molecule has 0 radical (unpaired) electrons. The Morgan fingerprint density at radius 3 is 1.48 bits per heavy atom. The van der Waals surface area contributed by atoms with E-state index in [1.165, 1.54) is 55.6 Å². The Morgan fingerprint density at radius 2 is 1.00 bits per heavy atom. The normalized spacial score (nSPS) is 13.2. The third-order valence-electron chi connectivity index (χ3n) is 6.93. The molecule has 0 aliphatic heterocycles. The van der Waals surface area contributed by atoms with E-state index in [1.54, 1.807) is 0 Å². The molecule has 4 aromatic rings. The van der Waals surface area contributed by atoms with Crippen molar-refractivity contribution in [3.8, 4) is 22.3 Å². The average molecular weight is 373 g/mol. The number of hydrogen-bond acceptors (Lipinski definition) is 0. The molecule has 2 aliphatic carbocycles. The van der Waals surface area contributed by atoms with Crippen LogP contribution in [-0.4, -0.2) is 0 Å². The van der Waals surface area contributed by atoms with Gasteiger partial charge >= 0.3 is 0 Å². The molecule has 0 amide bonds. The maximum absolute atomic E-state index is 2.38. The summed E-state index contributed by atoms with van der Waals surface area (Å²) in [6.45, 7) is 2.34. The first-order valence-electron chi connectivity index (χ1n) is 10.7. The van der Waals surface area contributed by atoms with E-state index in [0.29, 0.717) is 5.92 Å². The van der Waals surface area contributed by atoms with Crippen LogP contribution in [-0.2, 0) is 12.8 Å². The highest BCUT2D eigenvalue weighted by atomic mass is 14.3. The SMILES string of the molecule is CCC(c1cccc2c1Cc1ccccc1-2)c1cccc2c1Cc1ccccc1-2. The van der Waals surface area contributed by atoms with Crippen molar-refractivity contribution < 1.29 is 0 Å². The fraction of sp³-hybridized carbons (Fsp3) is 0.172. The van der Waals surface area contributed by atoms with Gasteiger partial charge in [-0.1, -0.05) is 91.9 Å². The number of fused-ring (bicyclic) bond motifs is 6. The summed E-state index contributed by atoms with van der Waals surface area (Å²) in [5.41, 5.74) is 14.8. The van der Waals surface area contributed by atoms with Crippen LogP contribution in [0.4, 0.5) is 0 Å². The zero-order valence-corrected chi connectivity index (χ0v) is 16.8. The second-order valence-corrected chi connectivity index (χ2v) is 8.38. The quantitative estimate of drug-likeness (QED) is 0.304. The molecule has 140 valence electrons. The topological polar surface area (TPSA) is 0 Å². The fourth-order valence-corrected chi connectivity index (χ4v) is 5.62. The summed E-state index contributed by atoms with van der Waals surface area (Å²) in [6, 6.07) is 31.7. The molecule has 0 N–H and O–H groups in total. The first-order chi connectivity index (χ1) is 14.3. The van der Waals surface area contributed by atoms with Crippen molar-refractivity contribution in [1.82, 2.24) is 0 Å². The summed E-state index contributed by atoms with van der Waals surface area (Å²) >= 11 is 0. The van der Waals surface area contributed by atoms with E-state index >= 15 is 0 Å². The zero-order chi connectivity index (χ0) is 19.4. The molecule has 0 atom stereocenters. The summed E-state index contributed by atoms with van der Waals surface area (Å²) in [5, 5.41) is 0. The molecule has 2 aliphatic rings. The van der Waals surface area contributed by atoms with Gasteiger partial charge in [-0.05, 0) is 74.9 Å². The molecule has 0 bridgehead atoms. The summed E-state index contributed by atoms with van der Waals surface area (Å²) < 4.78 is 0. The lowest BCUT2D eigenvalue weighted by molar-refractivity contribution is 0.762. The highest BCUT2D eigenvalue weighted by molar-refractivity contribution is 5.80. The van der Waals surface area contributed by atoms with E-state index in [-0.39, 0.29) is 0 Å². The van der Waals surface area contributed by atoms with E-state index < -0.39 is 0 Å². The monoisotopic (exact) mass is 372 g/mol. The average Bonchev–Trinajstić information content (AvgIpc) is 3.34. The lowest BCUT2D eigenvalue weighted by atomic mass is 9.81. The van der Waals surface area contributed by atoms with E-state index in [2.05, 4.69) is 91.9 Å². The van der Waals surface area contributed by atoms with Crippen LogP contribution in [0.2, 0.25) is 0 Å². The van der Waals surface area contributed by atoms with Crippen molar-refractivity contribution in [2.45, 2.75) is 32.1 Å². The Kier molecular flexibility index (Phi) is 3.74. The number of rotatable bonds is 3. The predicted molar refractivity (Wildman–Crippen MR) is 122 cm³/mol. The van der Waals surface area contributed by atoms with Crippen molar-refractivity contribution in [2.75, 3.05) is 0 Å². The molecule has 0 aromatic heterocycles. The molecule has 0 nitrogen and oxygen atoms in total. The molecular formula is C29H24. The van der Waals surface area contributed by atoms with Gasteiger partial charge in [0.2, 0.25) is 0 Å². The third kappa shape index (κ3) is 2.45. The van der Waals surface area contributed by atoms with Crippen molar-refractivity contribution in [1.29, 1.82) is 0 Å². The van der Waals surface area contributed by atoms with Crippen LogP contribution in [0.15, 0.2) is 84.9 Å².